The third kappa shape index (κ3) is 4.69. The van der Waals surface area contributed by atoms with Crippen molar-refractivity contribution in [1.29, 1.82) is 5.41 Å². The molecule has 7 nitrogen and oxygen atoms in total. The van der Waals surface area contributed by atoms with Gasteiger partial charge in [0.2, 0.25) is 0 Å². The van der Waals surface area contributed by atoms with E-state index in [1.54, 1.807) is 26.2 Å². The van der Waals surface area contributed by atoms with Gasteiger partial charge in [0, 0.05) is 11.8 Å². The fraction of sp³-hybridized carbons (Fsp3) is 0.278. The van der Waals surface area contributed by atoms with Crippen LogP contribution in [0.3, 0.4) is 0 Å². The number of benzene rings is 1. The molecular weight excluding hydrogens is 318 g/mol. The highest BCUT2D eigenvalue weighted by Gasteiger charge is 2.07. The highest BCUT2D eigenvalue weighted by Crippen LogP contribution is 2.14. The first-order chi connectivity index (χ1) is 12.1. The van der Waals surface area contributed by atoms with Crippen LogP contribution in [0.1, 0.15) is 41.9 Å². The highest BCUT2D eigenvalue weighted by atomic mass is 16.6. The van der Waals surface area contributed by atoms with Gasteiger partial charge in [0.15, 0.2) is 0 Å². The number of nitrogens with one attached hydrogen (secondary N) is 1. The van der Waals surface area contributed by atoms with Gasteiger partial charge in [0.25, 0.3) is 0 Å². The van der Waals surface area contributed by atoms with Gasteiger partial charge in [-0.1, -0.05) is 28.5 Å². The molecule has 1 N–H and O–H groups in total. The summed E-state index contributed by atoms with van der Waals surface area (Å²) >= 11 is 0. The van der Waals surface area contributed by atoms with E-state index in [9.17, 15) is 0 Å². The molecule has 2 aromatic rings. The Morgan fingerprint density at radius 1 is 1.16 bits per heavy atom. The molecule has 1 heterocycles. The molecule has 0 spiro atoms. The summed E-state index contributed by atoms with van der Waals surface area (Å²) in [4.78, 5) is 18.8. The Balaban J connectivity index is 2.14. The Bertz CT molecular complexity index is 815. The van der Waals surface area contributed by atoms with Gasteiger partial charge in [0.05, 0.1) is 12.4 Å². The minimum Gasteiger partial charge on any atom is -0.399 e. The lowest BCUT2D eigenvalue weighted by atomic mass is 10.0. The second-order valence-electron chi connectivity index (χ2n) is 5.39. The summed E-state index contributed by atoms with van der Waals surface area (Å²) in [7, 11) is 1.48. The lowest BCUT2D eigenvalue weighted by Crippen LogP contribution is -2.07. The minimum atomic E-state index is 0.284. The fourth-order valence-corrected chi connectivity index (χ4v) is 2.20. The standard InChI is InChI=1S/C18H21N5O2/c1-12-6-5-7-15(8-19)16(12)11-25-23-14(3)18-10-20-9-17(21-18)13(2)22-24-4/h5-10,19H,11H2,1-4H3/b19-8?,22-13+,23-14+. The molecule has 0 amide bonds. The monoisotopic (exact) mass is 339 g/mol. The summed E-state index contributed by atoms with van der Waals surface area (Å²) in [5.41, 5.74) is 5.25. The number of oxime groups is 2. The van der Waals surface area contributed by atoms with Crippen LogP contribution in [0.25, 0.3) is 0 Å². The van der Waals surface area contributed by atoms with Crippen LogP contribution in [-0.2, 0) is 16.3 Å². The number of hydrogen-bond acceptors (Lipinski definition) is 7. The minimum absolute atomic E-state index is 0.284. The molecule has 7 heteroatoms. The summed E-state index contributed by atoms with van der Waals surface area (Å²) in [6.45, 7) is 5.85. The molecule has 1 aromatic carbocycles. The van der Waals surface area contributed by atoms with Gasteiger partial charge in [0.1, 0.15) is 36.5 Å². The molecule has 0 bridgehead atoms. The molecule has 0 unspecified atom stereocenters. The molecule has 0 radical (unpaired) electrons. The van der Waals surface area contributed by atoms with E-state index in [2.05, 4.69) is 20.3 Å². The van der Waals surface area contributed by atoms with E-state index in [0.717, 1.165) is 16.7 Å². The SMILES string of the molecule is CO/N=C(\C)c1cncc(/C(C)=N/OCc2c(C)cccc2C=N)n1. The van der Waals surface area contributed by atoms with Gasteiger partial charge in [-0.15, -0.1) is 0 Å². The van der Waals surface area contributed by atoms with Crippen molar-refractivity contribution in [2.45, 2.75) is 27.4 Å². The van der Waals surface area contributed by atoms with Crippen molar-refractivity contribution < 1.29 is 9.68 Å². The summed E-state index contributed by atoms with van der Waals surface area (Å²) in [5, 5.41) is 15.4. The first kappa shape index (κ1) is 18.3. The zero-order valence-corrected chi connectivity index (χ0v) is 14.8. The average Bonchev–Trinajstić information content (AvgIpc) is 2.63. The largest absolute Gasteiger partial charge is 0.399 e. The first-order valence-electron chi connectivity index (χ1n) is 7.73. The van der Waals surface area contributed by atoms with Gasteiger partial charge < -0.3 is 15.1 Å². The molecule has 130 valence electrons. The Morgan fingerprint density at radius 2 is 1.84 bits per heavy atom. The van der Waals surface area contributed by atoms with E-state index >= 15 is 0 Å². The van der Waals surface area contributed by atoms with Crippen molar-refractivity contribution in [1.82, 2.24) is 9.97 Å². The van der Waals surface area contributed by atoms with Crippen molar-refractivity contribution in [2.75, 3.05) is 7.11 Å². The zero-order chi connectivity index (χ0) is 18.2. The first-order valence-corrected chi connectivity index (χ1v) is 7.73. The summed E-state index contributed by atoms with van der Waals surface area (Å²) in [6, 6.07) is 5.77. The van der Waals surface area contributed by atoms with Gasteiger partial charge in [-0.2, -0.15) is 0 Å². The van der Waals surface area contributed by atoms with Crippen molar-refractivity contribution in [3.63, 3.8) is 0 Å². The maximum atomic E-state index is 7.48. The van der Waals surface area contributed by atoms with E-state index in [-0.39, 0.29) is 6.61 Å². The molecule has 0 aliphatic carbocycles. The number of aryl methyl sites for hydroxylation is 1. The van der Waals surface area contributed by atoms with E-state index in [4.69, 9.17) is 15.1 Å². The summed E-state index contributed by atoms with van der Waals surface area (Å²) in [6.07, 6.45) is 4.54. The smallest absolute Gasteiger partial charge is 0.143 e. The number of nitrogens with zero attached hydrogens (tertiary/aromatic N) is 4. The Kier molecular flexibility index (Phi) is 6.33. The van der Waals surface area contributed by atoms with Gasteiger partial charge in [-0.3, -0.25) is 4.98 Å². The molecule has 1 aromatic heterocycles. The average molecular weight is 339 g/mol. The second-order valence-corrected chi connectivity index (χ2v) is 5.39. The van der Waals surface area contributed by atoms with Crippen LogP contribution in [0.15, 0.2) is 40.9 Å². The van der Waals surface area contributed by atoms with Crippen LogP contribution in [0, 0.1) is 12.3 Å². The number of aromatic nitrogens is 2. The van der Waals surface area contributed by atoms with E-state index in [0.29, 0.717) is 22.8 Å². The van der Waals surface area contributed by atoms with Crippen LogP contribution in [-0.4, -0.2) is 34.7 Å². The second kappa shape index (κ2) is 8.68. The van der Waals surface area contributed by atoms with Crippen LogP contribution in [0.4, 0.5) is 0 Å². The third-order valence-corrected chi connectivity index (χ3v) is 3.62. The molecule has 0 atom stereocenters. The Hall–Kier alpha value is -3.09. The predicted octanol–water partition coefficient (Wildman–Crippen LogP) is 3.09. The molecule has 2 rings (SSSR count). The summed E-state index contributed by atoms with van der Waals surface area (Å²) < 4.78 is 0. The molecule has 0 aliphatic heterocycles. The zero-order valence-electron chi connectivity index (χ0n) is 14.8. The van der Waals surface area contributed by atoms with Crippen LogP contribution in [0.5, 0.6) is 0 Å². The van der Waals surface area contributed by atoms with Crippen molar-refractivity contribution in [3.05, 3.63) is 58.7 Å². The maximum absolute atomic E-state index is 7.48. The quantitative estimate of drug-likeness (QED) is 0.619. The molecule has 25 heavy (non-hydrogen) atoms. The van der Waals surface area contributed by atoms with E-state index in [1.165, 1.54) is 13.3 Å². The van der Waals surface area contributed by atoms with E-state index < -0.39 is 0 Å². The van der Waals surface area contributed by atoms with E-state index in [1.807, 2.05) is 25.1 Å². The lowest BCUT2D eigenvalue weighted by molar-refractivity contribution is 0.130. The van der Waals surface area contributed by atoms with Crippen molar-refractivity contribution in [2.24, 2.45) is 10.3 Å². The van der Waals surface area contributed by atoms with Crippen molar-refractivity contribution in [3.8, 4) is 0 Å². The van der Waals surface area contributed by atoms with Crippen LogP contribution < -0.4 is 0 Å². The fourth-order valence-electron chi connectivity index (χ4n) is 2.20. The van der Waals surface area contributed by atoms with Gasteiger partial charge in [-0.05, 0) is 31.9 Å². The Morgan fingerprint density at radius 3 is 2.48 bits per heavy atom. The molecule has 0 aliphatic rings. The molecule has 0 fully saturated rings. The lowest BCUT2D eigenvalue weighted by Gasteiger charge is -2.08. The molecule has 0 saturated carbocycles. The normalized spacial score (nSPS) is 12.0. The van der Waals surface area contributed by atoms with Crippen LogP contribution in [0.2, 0.25) is 0 Å². The number of rotatable bonds is 7. The number of hydrogen-bond donors (Lipinski definition) is 1. The van der Waals surface area contributed by atoms with Gasteiger partial charge >= 0.3 is 0 Å². The Labute approximate surface area is 146 Å². The highest BCUT2D eigenvalue weighted by molar-refractivity contribution is 5.99. The van der Waals surface area contributed by atoms with Crippen molar-refractivity contribution >= 4 is 17.6 Å². The third-order valence-electron chi connectivity index (χ3n) is 3.62. The predicted molar refractivity (Wildman–Crippen MR) is 97.3 cm³/mol. The molecular formula is C18H21N5O2. The van der Waals surface area contributed by atoms with Crippen LogP contribution >= 0.6 is 0 Å². The maximum Gasteiger partial charge on any atom is 0.143 e. The topological polar surface area (TPSA) is 92.8 Å². The molecule has 0 saturated heterocycles. The summed E-state index contributed by atoms with van der Waals surface area (Å²) in [5.74, 6) is 0. The van der Waals surface area contributed by atoms with Gasteiger partial charge in [-0.25, -0.2) is 4.98 Å².